The quantitative estimate of drug-likeness (QED) is 0.494. The zero-order valence-electron chi connectivity index (χ0n) is 10.6. The van der Waals surface area contributed by atoms with E-state index in [0.29, 0.717) is 0 Å². The van der Waals surface area contributed by atoms with Crippen LogP contribution < -0.4 is 0 Å². The summed E-state index contributed by atoms with van der Waals surface area (Å²) in [7, 11) is 0. The molecule has 89 valence electrons. The van der Waals surface area contributed by atoms with E-state index in [1.165, 1.54) is 64.2 Å². The van der Waals surface area contributed by atoms with Gasteiger partial charge in [0.05, 0.1) is 0 Å². The van der Waals surface area contributed by atoms with Gasteiger partial charge < -0.3 is 0 Å². The van der Waals surface area contributed by atoms with Crippen molar-refractivity contribution >= 4 is 0 Å². The molecule has 0 aliphatic heterocycles. The van der Waals surface area contributed by atoms with Crippen LogP contribution in [0.25, 0.3) is 0 Å². The van der Waals surface area contributed by atoms with Gasteiger partial charge in [0.2, 0.25) is 0 Å². The van der Waals surface area contributed by atoms with Crippen LogP contribution in [0.4, 0.5) is 0 Å². The van der Waals surface area contributed by atoms with Gasteiger partial charge in [-0.1, -0.05) is 84.5 Å². The second kappa shape index (κ2) is 8.19. The summed E-state index contributed by atoms with van der Waals surface area (Å²) < 4.78 is 0. The fourth-order valence-corrected chi connectivity index (χ4v) is 2.96. The molecule has 0 unspecified atom stereocenters. The van der Waals surface area contributed by atoms with E-state index in [9.17, 15) is 0 Å². The fourth-order valence-electron chi connectivity index (χ4n) is 2.96. The minimum absolute atomic E-state index is 1.02. The average Bonchev–Trinajstić information content (AvgIpc) is 2.27. The molecule has 15 heavy (non-hydrogen) atoms. The predicted octanol–water partition coefficient (Wildman–Crippen LogP) is 5.38. The Balaban J connectivity index is 1.99. The highest BCUT2D eigenvalue weighted by atomic mass is 14.3. The summed E-state index contributed by atoms with van der Waals surface area (Å²) in [4.78, 5) is 0. The van der Waals surface area contributed by atoms with Gasteiger partial charge in [-0.15, -0.1) is 0 Å². The first-order valence-corrected chi connectivity index (χ1v) is 7.16. The monoisotopic (exact) mass is 209 g/mol. The fraction of sp³-hybridized carbons (Fsp3) is 0.933. The number of hydrogen-bond donors (Lipinski definition) is 0. The molecule has 0 atom stereocenters. The smallest absolute Gasteiger partial charge is 0.0414 e. The number of rotatable bonds is 7. The molecule has 0 bridgehead atoms. The van der Waals surface area contributed by atoms with Gasteiger partial charge in [-0.2, -0.15) is 0 Å². The normalized spacial score (nSPS) is 26.8. The summed E-state index contributed by atoms with van der Waals surface area (Å²) in [6.45, 7) is 6.26. The lowest BCUT2D eigenvalue weighted by atomic mass is 9.78. The van der Waals surface area contributed by atoms with Gasteiger partial charge in [0, 0.05) is 0 Å². The zero-order chi connectivity index (χ0) is 10.9. The van der Waals surface area contributed by atoms with Crippen molar-refractivity contribution in [3.63, 3.8) is 0 Å². The maximum atomic E-state index is 3.97. The molecule has 0 nitrogen and oxygen atoms in total. The molecule has 0 spiro atoms. The lowest BCUT2D eigenvalue weighted by Gasteiger charge is -2.28. The third-order valence-electron chi connectivity index (χ3n) is 4.04. The van der Waals surface area contributed by atoms with Crippen molar-refractivity contribution in [2.24, 2.45) is 11.8 Å². The van der Waals surface area contributed by atoms with Gasteiger partial charge in [0.25, 0.3) is 0 Å². The van der Waals surface area contributed by atoms with Gasteiger partial charge in [-0.25, -0.2) is 0 Å². The second-order valence-electron chi connectivity index (χ2n) is 5.38. The van der Waals surface area contributed by atoms with E-state index in [1.54, 1.807) is 0 Å². The summed E-state index contributed by atoms with van der Waals surface area (Å²) in [5, 5.41) is 0. The van der Waals surface area contributed by atoms with Crippen molar-refractivity contribution in [3.8, 4) is 0 Å². The van der Waals surface area contributed by atoms with Crippen molar-refractivity contribution in [1.82, 2.24) is 0 Å². The standard InChI is InChI=1S/C15H29/c1-3-5-6-7-9-15-12-10-14(8-4-2)11-13-15/h14-15H,2-13H2,1H3/t14-,15-. The van der Waals surface area contributed by atoms with Crippen molar-refractivity contribution in [1.29, 1.82) is 0 Å². The molecule has 1 saturated carbocycles. The largest absolute Gasteiger partial charge is 0.0654 e. The highest BCUT2D eigenvalue weighted by Gasteiger charge is 2.19. The van der Waals surface area contributed by atoms with Crippen LogP contribution in [0.5, 0.6) is 0 Å². The molecule has 0 N–H and O–H groups in total. The maximum absolute atomic E-state index is 3.97. The number of unbranched alkanes of at least 4 members (excludes halogenated alkanes) is 3. The van der Waals surface area contributed by atoms with Crippen LogP contribution >= 0.6 is 0 Å². The van der Waals surface area contributed by atoms with Crippen LogP contribution in [0, 0.1) is 18.8 Å². The minimum atomic E-state index is 1.02. The first-order chi connectivity index (χ1) is 7.36. The molecule has 0 saturated heterocycles. The van der Waals surface area contributed by atoms with Crippen molar-refractivity contribution in [2.45, 2.75) is 77.6 Å². The van der Waals surface area contributed by atoms with Crippen molar-refractivity contribution in [3.05, 3.63) is 6.92 Å². The van der Waals surface area contributed by atoms with Crippen LogP contribution in [0.1, 0.15) is 77.6 Å². The zero-order valence-corrected chi connectivity index (χ0v) is 10.6. The highest BCUT2D eigenvalue weighted by molar-refractivity contribution is 4.72. The molecule has 1 fully saturated rings. The Morgan fingerprint density at radius 2 is 1.47 bits per heavy atom. The lowest BCUT2D eigenvalue weighted by Crippen LogP contribution is -2.14. The molecule has 0 amide bonds. The summed E-state index contributed by atoms with van der Waals surface area (Å²) >= 11 is 0. The van der Waals surface area contributed by atoms with Gasteiger partial charge in [-0.05, 0) is 11.8 Å². The molecule has 0 aromatic heterocycles. The van der Waals surface area contributed by atoms with Gasteiger partial charge in [0.1, 0.15) is 0 Å². The predicted molar refractivity (Wildman–Crippen MR) is 68.8 cm³/mol. The third kappa shape index (κ3) is 5.58. The van der Waals surface area contributed by atoms with E-state index in [2.05, 4.69) is 13.8 Å². The summed E-state index contributed by atoms with van der Waals surface area (Å²) in [5.41, 5.74) is 0. The molecule has 0 aromatic carbocycles. The molecular formula is C15H29. The first kappa shape index (κ1) is 13.1. The molecule has 1 radical (unpaired) electrons. The number of hydrogen-bond acceptors (Lipinski definition) is 0. The van der Waals surface area contributed by atoms with E-state index in [1.807, 2.05) is 0 Å². The summed E-state index contributed by atoms with van der Waals surface area (Å²) in [6, 6.07) is 0. The Hall–Kier alpha value is 0. The van der Waals surface area contributed by atoms with E-state index in [0.717, 1.165) is 18.3 Å². The first-order valence-electron chi connectivity index (χ1n) is 7.16. The maximum Gasteiger partial charge on any atom is -0.0414 e. The lowest BCUT2D eigenvalue weighted by molar-refractivity contribution is 0.249. The second-order valence-corrected chi connectivity index (χ2v) is 5.38. The molecule has 0 heteroatoms. The van der Waals surface area contributed by atoms with Gasteiger partial charge in [0.15, 0.2) is 0 Å². The Kier molecular flexibility index (Phi) is 7.13. The van der Waals surface area contributed by atoms with Crippen LogP contribution in [0.15, 0.2) is 0 Å². The van der Waals surface area contributed by atoms with Crippen LogP contribution in [-0.4, -0.2) is 0 Å². The Labute approximate surface area is 96.8 Å². The van der Waals surface area contributed by atoms with E-state index in [-0.39, 0.29) is 0 Å². The third-order valence-corrected chi connectivity index (χ3v) is 4.04. The molecular weight excluding hydrogens is 180 g/mol. The Bertz CT molecular complexity index is 128. The van der Waals surface area contributed by atoms with Crippen LogP contribution in [0.2, 0.25) is 0 Å². The van der Waals surface area contributed by atoms with Crippen molar-refractivity contribution in [2.75, 3.05) is 0 Å². The van der Waals surface area contributed by atoms with E-state index < -0.39 is 0 Å². The molecule has 1 rings (SSSR count). The molecule has 1 aliphatic carbocycles. The van der Waals surface area contributed by atoms with Gasteiger partial charge in [-0.3, -0.25) is 0 Å². The van der Waals surface area contributed by atoms with Crippen LogP contribution in [-0.2, 0) is 0 Å². The van der Waals surface area contributed by atoms with Gasteiger partial charge >= 0.3 is 0 Å². The molecule has 0 aromatic rings. The summed E-state index contributed by atoms with van der Waals surface area (Å²) in [6.07, 6.45) is 15.8. The highest BCUT2D eigenvalue weighted by Crippen LogP contribution is 2.34. The Morgan fingerprint density at radius 1 is 0.867 bits per heavy atom. The average molecular weight is 209 g/mol. The van der Waals surface area contributed by atoms with Crippen LogP contribution in [0.3, 0.4) is 0 Å². The van der Waals surface area contributed by atoms with Crippen molar-refractivity contribution < 1.29 is 0 Å². The molecule has 0 heterocycles. The minimum Gasteiger partial charge on any atom is -0.0654 e. The van der Waals surface area contributed by atoms with E-state index in [4.69, 9.17) is 0 Å². The SMILES string of the molecule is [CH2]CC[C@H]1CC[C@H](CCCCCC)CC1. The summed E-state index contributed by atoms with van der Waals surface area (Å²) in [5.74, 6) is 2.09. The topological polar surface area (TPSA) is 0 Å². The molecule has 1 aliphatic rings. The Morgan fingerprint density at radius 3 is 2.00 bits per heavy atom. The van der Waals surface area contributed by atoms with E-state index >= 15 is 0 Å².